The van der Waals surface area contributed by atoms with E-state index in [1.807, 2.05) is 43.1 Å². The fourth-order valence-electron chi connectivity index (χ4n) is 2.65. The molecule has 0 bridgehead atoms. The van der Waals surface area contributed by atoms with Crippen molar-refractivity contribution in [2.45, 2.75) is 19.9 Å². The van der Waals surface area contributed by atoms with E-state index in [-0.39, 0.29) is 24.0 Å². The Morgan fingerprint density at radius 3 is 2.79 bits per heavy atom. The lowest BCUT2D eigenvalue weighted by molar-refractivity contribution is 0.477. The van der Waals surface area contributed by atoms with Gasteiger partial charge in [-0.1, -0.05) is 29.3 Å². The molecule has 0 saturated heterocycles. The molecule has 2 heterocycles. The number of aliphatic imine (C=N–C) groups is 1. The maximum absolute atomic E-state index is 6.11. The van der Waals surface area contributed by atoms with Gasteiger partial charge >= 0.3 is 0 Å². The van der Waals surface area contributed by atoms with Crippen molar-refractivity contribution in [3.05, 3.63) is 58.0 Å². The fourth-order valence-corrected chi connectivity index (χ4v) is 2.97. The van der Waals surface area contributed by atoms with Crippen LogP contribution < -0.4 is 5.32 Å². The van der Waals surface area contributed by atoms with Crippen LogP contribution in [-0.4, -0.2) is 46.2 Å². The van der Waals surface area contributed by atoms with Crippen LogP contribution in [0.3, 0.4) is 0 Å². The maximum Gasteiger partial charge on any atom is 0.216 e. The normalized spacial score (nSPS) is 11.2. The Hall–Kier alpha value is -1.78. The largest absolute Gasteiger partial charge is 0.461 e. The molecule has 2 aromatic heterocycles. The van der Waals surface area contributed by atoms with E-state index in [9.17, 15) is 0 Å². The average molecular weight is 549 g/mol. The van der Waals surface area contributed by atoms with Crippen LogP contribution in [0, 0.1) is 0 Å². The second-order valence-corrected chi connectivity index (χ2v) is 6.99. The third-order valence-electron chi connectivity index (χ3n) is 3.98. The van der Waals surface area contributed by atoms with E-state index in [1.165, 1.54) is 0 Å². The van der Waals surface area contributed by atoms with Gasteiger partial charge in [0.15, 0.2) is 11.7 Å². The number of aromatic amines is 1. The molecular formula is C19H23Cl2IN6O. The molecule has 3 aromatic rings. The second kappa shape index (κ2) is 11.4. The molecule has 0 fully saturated rings. The molecule has 0 spiro atoms. The van der Waals surface area contributed by atoms with Gasteiger partial charge in [-0.2, -0.15) is 5.10 Å². The zero-order chi connectivity index (χ0) is 19.9. The van der Waals surface area contributed by atoms with Crippen LogP contribution in [-0.2, 0) is 13.0 Å². The first-order chi connectivity index (χ1) is 13.6. The summed E-state index contributed by atoms with van der Waals surface area (Å²) in [7, 11) is 1.98. The number of hydrogen-bond donors (Lipinski definition) is 2. The highest BCUT2D eigenvalue weighted by Gasteiger charge is 2.10. The Morgan fingerprint density at radius 1 is 1.28 bits per heavy atom. The molecule has 10 heteroatoms. The third kappa shape index (κ3) is 6.61. The first-order valence-corrected chi connectivity index (χ1v) is 9.71. The van der Waals surface area contributed by atoms with Crippen LogP contribution in [0.15, 0.2) is 46.0 Å². The minimum absolute atomic E-state index is 0. The molecule has 0 saturated carbocycles. The fraction of sp³-hybridized carbons (Fsp3) is 0.316. The summed E-state index contributed by atoms with van der Waals surface area (Å²) >= 11 is 12.1. The van der Waals surface area contributed by atoms with Gasteiger partial charge in [-0.15, -0.1) is 24.0 Å². The zero-order valence-corrected chi connectivity index (χ0v) is 20.0. The Kier molecular flexibility index (Phi) is 9.25. The molecule has 29 heavy (non-hydrogen) atoms. The SMILES string of the molecule is CCNC(=NCCc1nc(-c2ccco2)n[nH]1)N(C)Cc1ccc(Cl)c(Cl)c1.I. The lowest BCUT2D eigenvalue weighted by atomic mass is 10.2. The molecule has 0 atom stereocenters. The standard InChI is InChI=1S/C19H22Cl2N6O.HI/c1-3-22-19(27(2)12-13-6-7-14(20)15(21)11-13)23-9-8-17-24-18(26-25-17)16-5-4-10-28-16;/h4-7,10-11H,3,8-9,12H2,1-2H3,(H,22,23)(H,24,25,26);1H. The topological polar surface area (TPSA) is 82.3 Å². The maximum atomic E-state index is 6.11. The molecule has 7 nitrogen and oxygen atoms in total. The number of nitrogens with zero attached hydrogens (tertiary/aromatic N) is 4. The summed E-state index contributed by atoms with van der Waals surface area (Å²) in [5, 5.41) is 11.5. The molecule has 156 valence electrons. The van der Waals surface area contributed by atoms with Crippen molar-refractivity contribution in [2.75, 3.05) is 20.1 Å². The van der Waals surface area contributed by atoms with Gasteiger partial charge in [0.2, 0.25) is 5.82 Å². The van der Waals surface area contributed by atoms with E-state index < -0.39 is 0 Å². The minimum Gasteiger partial charge on any atom is -0.461 e. The Morgan fingerprint density at radius 2 is 2.10 bits per heavy atom. The van der Waals surface area contributed by atoms with Crippen molar-refractivity contribution < 1.29 is 4.42 Å². The van der Waals surface area contributed by atoms with Crippen molar-refractivity contribution in [2.24, 2.45) is 4.99 Å². The van der Waals surface area contributed by atoms with Gasteiger partial charge in [-0.25, -0.2) is 4.98 Å². The number of halogens is 3. The van der Waals surface area contributed by atoms with Gasteiger partial charge in [-0.05, 0) is 36.8 Å². The van der Waals surface area contributed by atoms with Crippen molar-refractivity contribution in [1.82, 2.24) is 25.4 Å². The summed E-state index contributed by atoms with van der Waals surface area (Å²) < 4.78 is 5.30. The van der Waals surface area contributed by atoms with Crippen LogP contribution >= 0.6 is 47.2 Å². The molecule has 0 aliphatic heterocycles. The summed E-state index contributed by atoms with van der Waals surface area (Å²) in [6.07, 6.45) is 2.24. The van der Waals surface area contributed by atoms with Crippen LogP contribution in [0.5, 0.6) is 0 Å². The quantitative estimate of drug-likeness (QED) is 0.255. The van der Waals surface area contributed by atoms with Crippen molar-refractivity contribution in [1.29, 1.82) is 0 Å². The van der Waals surface area contributed by atoms with Gasteiger partial charge < -0.3 is 14.6 Å². The summed E-state index contributed by atoms with van der Waals surface area (Å²) in [4.78, 5) is 11.2. The number of rotatable bonds is 7. The highest BCUT2D eigenvalue weighted by atomic mass is 127. The molecular weight excluding hydrogens is 526 g/mol. The third-order valence-corrected chi connectivity index (χ3v) is 4.72. The van der Waals surface area contributed by atoms with E-state index in [1.54, 1.807) is 12.3 Å². The highest BCUT2D eigenvalue weighted by molar-refractivity contribution is 14.0. The molecule has 0 aliphatic carbocycles. The number of aromatic nitrogens is 3. The number of guanidine groups is 1. The smallest absolute Gasteiger partial charge is 0.216 e. The van der Waals surface area contributed by atoms with E-state index in [0.29, 0.717) is 41.1 Å². The van der Waals surface area contributed by atoms with Gasteiger partial charge in [-0.3, -0.25) is 10.1 Å². The van der Waals surface area contributed by atoms with E-state index >= 15 is 0 Å². The number of nitrogens with one attached hydrogen (secondary N) is 2. The molecule has 2 N–H and O–H groups in total. The number of H-pyrrole nitrogens is 1. The van der Waals surface area contributed by atoms with Crippen LogP contribution in [0.25, 0.3) is 11.6 Å². The molecule has 1 aromatic carbocycles. The highest BCUT2D eigenvalue weighted by Crippen LogP contribution is 2.23. The van der Waals surface area contributed by atoms with Crippen molar-refractivity contribution in [3.63, 3.8) is 0 Å². The van der Waals surface area contributed by atoms with Gasteiger partial charge in [0.25, 0.3) is 0 Å². The first kappa shape index (κ1) is 23.5. The zero-order valence-electron chi connectivity index (χ0n) is 16.2. The van der Waals surface area contributed by atoms with Crippen LogP contribution in [0.1, 0.15) is 18.3 Å². The first-order valence-electron chi connectivity index (χ1n) is 8.95. The van der Waals surface area contributed by atoms with E-state index in [2.05, 4.69) is 25.5 Å². The second-order valence-electron chi connectivity index (χ2n) is 6.17. The summed E-state index contributed by atoms with van der Waals surface area (Å²) in [5.41, 5.74) is 1.06. The molecule has 0 aliphatic rings. The molecule has 0 unspecified atom stereocenters. The Labute approximate surface area is 196 Å². The summed E-state index contributed by atoms with van der Waals surface area (Å²) in [5.74, 6) is 2.76. The summed E-state index contributed by atoms with van der Waals surface area (Å²) in [6, 6.07) is 9.26. The van der Waals surface area contributed by atoms with E-state index in [4.69, 9.17) is 27.6 Å². The number of hydrogen-bond acceptors (Lipinski definition) is 4. The predicted octanol–water partition coefficient (Wildman–Crippen LogP) is 4.63. The van der Waals surface area contributed by atoms with Gasteiger partial charge in [0.1, 0.15) is 5.82 Å². The monoisotopic (exact) mass is 548 g/mol. The van der Waals surface area contributed by atoms with Crippen molar-refractivity contribution >= 4 is 53.1 Å². The minimum atomic E-state index is 0. The lowest BCUT2D eigenvalue weighted by Gasteiger charge is -2.22. The predicted molar refractivity (Wildman–Crippen MR) is 127 cm³/mol. The number of benzene rings is 1. The Bertz CT molecular complexity index is 929. The summed E-state index contributed by atoms with van der Waals surface area (Å²) in [6.45, 7) is 4.04. The molecule has 3 rings (SSSR count). The Balaban J connectivity index is 0.00000300. The van der Waals surface area contributed by atoms with Gasteiger partial charge in [0, 0.05) is 33.1 Å². The number of furan rings is 1. The van der Waals surface area contributed by atoms with E-state index in [0.717, 1.165) is 23.9 Å². The lowest BCUT2D eigenvalue weighted by Crippen LogP contribution is -2.38. The molecule has 0 radical (unpaired) electrons. The van der Waals surface area contributed by atoms with Crippen LogP contribution in [0.2, 0.25) is 10.0 Å². The molecule has 0 amide bonds. The van der Waals surface area contributed by atoms with Crippen LogP contribution in [0.4, 0.5) is 0 Å². The average Bonchev–Trinajstić information content (AvgIpc) is 3.35. The van der Waals surface area contributed by atoms with Crippen molar-refractivity contribution in [3.8, 4) is 11.6 Å². The van der Waals surface area contributed by atoms with Gasteiger partial charge in [0.05, 0.1) is 16.3 Å².